The molecule has 0 unspecified atom stereocenters. The summed E-state index contributed by atoms with van der Waals surface area (Å²) in [6, 6.07) is 10.2. The van der Waals surface area contributed by atoms with Crippen molar-refractivity contribution in [2.75, 3.05) is 12.4 Å². The van der Waals surface area contributed by atoms with E-state index >= 15 is 0 Å². The van der Waals surface area contributed by atoms with Gasteiger partial charge in [-0.2, -0.15) is 0 Å². The molecule has 1 aromatic carbocycles. The smallest absolute Gasteiger partial charge is 0.124 e. The zero-order valence-corrected chi connectivity index (χ0v) is 10.2. The molecule has 3 nitrogen and oxygen atoms in total. The summed E-state index contributed by atoms with van der Waals surface area (Å²) in [4.78, 5) is 8.72. The predicted molar refractivity (Wildman–Crippen MR) is 72.4 cm³/mol. The lowest BCUT2D eigenvalue weighted by atomic mass is 10.2. The number of hydrogen-bond donors (Lipinski definition) is 1. The summed E-state index contributed by atoms with van der Waals surface area (Å²) in [5.74, 6) is 0. The van der Waals surface area contributed by atoms with Crippen molar-refractivity contribution < 1.29 is 0 Å². The number of aromatic nitrogens is 2. The average molecular weight is 241 g/mol. The highest BCUT2D eigenvalue weighted by Crippen LogP contribution is 2.30. The Bertz CT molecular complexity index is 627. The number of benzene rings is 1. The Kier molecular flexibility index (Phi) is 2.49. The van der Waals surface area contributed by atoms with E-state index in [0.29, 0.717) is 0 Å². The number of rotatable bonds is 2. The van der Waals surface area contributed by atoms with Gasteiger partial charge in [0.2, 0.25) is 0 Å². The molecule has 0 fully saturated rings. The highest BCUT2D eigenvalue weighted by atomic mass is 32.1. The molecule has 1 N–H and O–H groups in total. The quantitative estimate of drug-likeness (QED) is 0.747. The van der Waals surface area contributed by atoms with Gasteiger partial charge in [-0.3, -0.25) is 4.98 Å². The maximum atomic E-state index is 4.61. The molecule has 0 aliphatic heterocycles. The summed E-state index contributed by atoms with van der Waals surface area (Å²) in [5, 5.41) is 4.17. The Morgan fingerprint density at radius 2 is 2.18 bits per heavy atom. The molecule has 0 spiro atoms. The summed E-state index contributed by atoms with van der Waals surface area (Å²) in [6.07, 6.45) is 3.63. The Balaban J connectivity index is 2.13. The van der Waals surface area contributed by atoms with Gasteiger partial charge in [0.05, 0.1) is 10.2 Å². The van der Waals surface area contributed by atoms with E-state index in [-0.39, 0.29) is 0 Å². The molecule has 0 radical (unpaired) electrons. The largest absolute Gasteiger partial charge is 0.388 e. The minimum absolute atomic E-state index is 1.01. The van der Waals surface area contributed by atoms with Crippen LogP contribution in [0.15, 0.2) is 42.7 Å². The maximum Gasteiger partial charge on any atom is 0.124 e. The van der Waals surface area contributed by atoms with Crippen molar-refractivity contribution in [3.8, 4) is 10.6 Å². The molecule has 0 saturated carbocycles. The van der Waals surface area contributed by atoms with Gasteiger partial charge in [0, 0.05) is 30.7 Å². The van der Waals surface area contributed by atoms with Crippen LogP contribution >= 0.6 is 11.3 Å². The van der Waals surface area contributed by atoms with Gasteiger partial charge >= 0.3 is 0 Å². The SMILES string of the molecule is CNc1cccc(-c2nc3ccncc3s2)c1. The van der Waals surface area contributed by atoms with E-state index < -0.39 is 0 Å². The maximum absolute atomic E-state index is 4.61. The van der Waals surface area contributed by atoms with E-state index in [1.54, 1.807) is 17.5 Å². The fraction of sp³-hybridized carbons (Fsp3) is 0.0769. The van der Waals surface area contributed by atoms with Gasteiger partial charge < -0.3 is 5.32 Å². The lowest BCUT2D eigenvalue weighted by Crippen LogP contribution is -1.87. The second-order valence-electron chi connectivity index (χ2n) is 3.69. The highest BCUT2D eigenvalue weighted by Gasteiger charge is 2.06. The van der Waals surface area contributed by atoms with E-state index in [9.17, 15) is 0 Å². The average Bonchev–Trinajstić information content (AvgIpc) is 2.82. The van der Waals surface area contributed by atoms with Crippen molar-refractivity contribution in [3.63, 3.8) is 0 Å². The number of hydrogen-bond acceptors (Lipinski definition) is 4. The molecule has 2 aromatic heterocycles. The van der Waals surface area contributed by atoms with Crippen molar-refractivity contribution in [1.82, 2.24) is 9.97 Å². The van der Waals surface area contributed by atoms with Crippen molar-refractivity contribution in [1.29, 1.82) is 0 Å². The van der Waals surface area contributed by atoms with E-state index in [4.69, 9.17) is 0 Å². The number of nitrogens with one attached hydrogen (secondary N) is 1. The summed E-state index contributed by atoms with van der Waals surface area (Å²) in [7, 11) is 1.92. The van der Waals surface area contributed by atoms with Crippen LogP contribution in [0.4, 0.5) is 5.69 Å². The molecule has 0 atom stereocenters. The molecule has 17 heavy (non-hydrogen) atoms. The minimum atomic E-state index is 1.01. The van der Waals surface area contributed by atoms with Gasteiger partial charge in [-0.25, -0.2) is 4.98 Å². The zero-order valence-electron chi connectivity index (χ0n) is 9.34. The van der Waals surface area contributed by atoms with Gasteiger partial charge in [0.15, 0.2) is 0 Å². The molecule has 0 aliphatic carbocycles. The molecule has 0 aliphatic rings. The van der Waals surface area contributed by atoms with Crippen LogP contribution in [0.5, 0.6) is 0 Å². The third kappa shape index (κ3) is 1.87. The zero-order chi connectivity index (χ0) is 11.7. The standard InChI is InChI=1S/C13H11N3S/c1-14-10-4-2-3-9(7-10)13-16-11-5-6-15-8-12(11)17-13/h2-8,14H,1H3. The normalized spacial score (nSPS) is 10.6. The summed E-state index contributed by atoms with van der Waals surface area (Å²) < 4.78 is 1.12. The lowest BCUT2D eigenvalue weighted by molar-refractivity contribution is 1.36. The minimum Gasteiger partial charge on any atom is -0.388 e. The van der Waals surface area contributed by atoms with Gasteiger partial charge in [-0.1, -0.05) is 12.1 Å². The first-order valence-corrected chi connectivity index (χ1v) is 6.17. The molecule has 0 bridgehead atoms. The second kappa shape index (κ2) is 4.14. The van der Waals surface area contributed by atoms with Gasteiger partial charge in [0.25, 0.3) is 0 Å². The lowest BCUT2D eigenvalue weighted by Gasteiger charge is -2.01. The summed E-state index contributed by atoms with van der Waals surface area (Å²) >= 11 is 1.67. The Morgan fingerprint density at radius 3 is 3.00 bits per heavy atom. The van der Waals surface area contributed by atoms with Crippen molar-refractivity contribution >= 4 is 27.2 Å². The van der Waals surface area contributed by atoms with E-state index in [0.717, 1.165) is 26.5 Å². The number of nitrogens with zero attached hydrogens (tertiary/aromatic N) is 2. The summed E-state index contributed by atoms with van der Waals surface area (Å²) in [6.45, 7) is 0. The van der Waals surface area contributed by atoms with Gasteiger partial charge in [-0.05, 0) is 18.2 Å². The Morgan fingerprint density at radius 1 is 1.24 bits per heavy atom. The van der Waals surface area contributed by atoms with Crippen LogP contribution in [0.3, 0.4) is 0 Å². The molecule has 3 aromatic rings. The molecule has 2 heterocycles. The van der Waals surface area contributed by atoms with Crippen LogP contribution in [-0.4, -0.2) is 17.0 Å². The third-order valence-corrected chi connectivity index (χ3v) is 3.64. The number of anilines is 1. The van der Waals surface area contributed by atoms with Crippen molar-refractivity contribution in [2.45, 2.75) is 0 Å². The van der Waals surface area contributed by atoms with E-state index in [2.05, 4.69) is 27.4 Å². The van der Waals surface area contributed by atoms with E-state index in [1.807, 2.05) is 31.4 Å². The molecule has 84 valence electrons. The first-order valence-electron chi connectivity index (χ1n) is 5.35. The first kappa shape index (κ1) is 10.2. The molecule has 3 rings (SSSR count). The monoisotopic (exact) mass is 241 g/mol. The van der Waals surface area contributed by atoms with Gasteiger partial charge in [-0.15, -0.1) is 11.3 Å². The van der Waals surface area contributed by atoms with Crippen LogP contribution in [-0.2, 0) is 0 Å². The van der Waals surface area contributed by atoms with Crippen LogP contribution < -0.4 is 5.32 Å². The predicted octanol–water partition coefficient (Wildman–Crippen LogP) is 3.40. The number of fused-ring (bicyclic) bond motifs is 1. The van der Waals surface area contributed by atoms with Crippen LogP contribution in [0.2, 0.25) is 0 Å². The first-order chi connectivity index (χ1) is 8.36. The fourth-order valence-corrected chi connectivity index (χ4v) is 2.64. The van der Waals surface area contributed by atoms with E-state index in [1.165, 1.54) is 0 Å². The van der Waals surface area contributed by atoms with Crippen LogP contribution in [0, 0.1) is 0 Å². The van der Waals surface area contributed by atoms with Gasteiger partial charge in [0.1, 0.15) is 5.01 Å². The molecular formula is C13H11N3S. The second-order valence-corrected chi connectivity index (χ2v) is 4.72. The molecular weight excluding hydrogens is 230 g/mol. The number of thiazole rings is 1. The van der Waals surface area contributed by atoms with Crippen molar-refractivity contribution in [2.24, 2.45) is 0 Å². The highest BCUT2D eigenvalue weighted by molar-refractivity contribution is 7.21. The molecule has 4 heteroatoms. The summed E-state index contributed by atoms with van der Waals surface area (Å²) in [5.41, 5.74) is 3.24. The number of pyridine rings is 1. The van der Waals surface area contributed by atoms with Crippen LogP contribution in [0.1, 0.15) is 0 Å². The molecule has 0 saturated heterocycles. The molecule has 0 amide bonds. The van der Waals surface area contributed by atoms with Crippen LogP contribution in [0.25, 0.3) is 20.8 Å². The topological polar surface area (TPSA) is 37.8 Å². The third-order valence-electron chi connectivity index (χ3n) is 2.59. The fourth-order valence-electron chi connectivity index (χ4n) is 1.71. The Labute approximate surface area is 103 Å². The Hall–Kier alpha value is -1.94. The van der Waals surface area contributed by atoms with Crippen molar-refractivity contribution in [3.05, 3.63) is 42.7 Å².